The van der Waals surface area contributed by atoms with Crippen LogP contribution in [0, 0.1) is 0 Å². The van der Waals surface area contributed by atoms with Gasteiger partial charge in [0, 0.05) is 11.8 Å². The number of amides is 1. The molecule has 1 aromatic rings. The Kier molecular flexibility index (Phi) is 4.83. The summed E-state index contributed by atoms with van der Waals surface area (Å²) in [5.41, 5.74) is 0.760. The summed E-state index contributed by atoms with van der Waals surface area (Å²) in [6.07, 6.45) is 4.91. The highest BCUT2D eigenvalue weighted by molar-refractivity contribution is 5.94. The average molecular weight is 304 g/mol. The quantitative estimate of drug-likeness (QED) is 0.933. The minimum Gasteiger partial charge on any atom is -0.486 e. The number of nitrogens with one attached hydrogen (secondary N) is 1. The molecule has 5 heteroatoms. The number of hydrogen-bond donors (Lipinski definition) is 1. The molecule has 0 aromatic heterocycles. The van der Waals surface area contributed by atoms with Crippen molar-refractivity contribution in [3.63, 3.8) is 0 Å². The number of carbonyl (C=O) groups excluding carboxylic acids is 1. The van der Waals surface area contributed by atoms with Gasteiger partial charge in [-0.1, -0.05) is 12.8 Å². The van der Waals surface area contributed by atoms with Gasteiger partial charge in [-0.05, 0) is 45.0 Å². The van der Waals surface area contributed by atoms with E-state index in [1.165, 1.54) is 25.7 Å². The zero-order valence-corrected chi connectivity index (χ0v) is 13.1. The molecule has 0 bridgehead atoms. The molecule has 0 radical (unpaired) electrons. The zero-order chi connectivity index (χ0) is 15.4. The topological polar surface area (TPSA) is 50.8 Å². The number of fused-ring (bicyclic) bond motifs is 1. The van der Waals surface area contributed by atoms with Crippen molar-refractivity contribution in [2.45, 2.75) is 38.6 Å². The fourth-order valence-corrected chi connectivity index (χ4v) is 3.02. The Hall–Kier alpha value is -1.75. The van der Waals surface area contributed by atoms with Crippen molar-refractivity contribution < 1.29 is 14.3 Å². The van der Waals surface area contributed by atoms with Crippen molar-refractivity contribution in [3.8, 4) is 11.5 Å². The highest BCUT2D eigenvalue weighted by atomic mass is 16.6. The van der Waals surface area contributed by atoms with Crippen molar-refractivity contribution in [2.75, 3.05) is 31.6 Å². The molecule has 2 aliphatic rings. The molecule has 0 spiro atoms. The van der Waals surface area contributed by atoms with Crippen molar-refractivity contribution in [3.05, 3.63) is 18.2 Å². The lowest BCUT2D eigenvalue weighted by molar-refractivity contribution is -0.120. The van der Waals surface area contributed by atoms with Crippen LogP contribution in [-0.2, 0) is 4.79 Å². The number of nitrogens with zero attached hydrogens (tertiary/aromatic N) is 1. The Balaban J connectivity index is 1.63. The second-order valence-corrected chi connectivity index (χ2v) is 5.97. The van der Waals surface area contributed by atoms with E-state index in [0.29, 0.717) is 19.0 Å². The lowest BCUT2D eigenvalue weighted by atomic mass is 10.2. The fraction of sp³-hybridized carbons (Fsp3) is 0.588. The summed E-state index contributed by atoms with van der Waals surface area (Å²) in [6, 6.07) is 5.44. The molecule has 0 aliphatic carbocycles. The summed E-state index contributed by atoms with van der Waals surface area (Å²) < 4.78 is 11.0. The highest BCUT2D eigenvalue weighted by Crippen LogP contribution is 2.32. The molecule has 3 rings (SSSR count). The summed E-state index contributed by atoms with van der Waals surface area (Å²) in [5.74, 6) is 1.48. The highest BCUT2D eigenvalue weighted by Gasteiger charge is 2.22. The normalized spacial score (nSPS) is 20.0. The molecule has 1 saturated heterocycles. The summed E-state index contributed by atoms with van der Waals surface area (Å²) in [7, 11) is 0. The monoisotopic (exact) mass is 304 g/mol. The third kappa shape index (κ3) is 3.53. The number of anilines is 1. The van der Waals surface area contributed by atoms with Crippen LogP contribution in [0.4, 0.5) is 5.69 Å². The van der Waals surface area contributed by atoms with Gasteiger partial charge in [-0.3, -0.25) is 9.69 Å². The van der Waals surface area contributed by atoms with Gasteiger partial charge in [0.25, 0.3) is 0 Å². The first-order valence-corrected chi connectivity index (χ1v) is 8.18. The second-order valence-electron chi connectivity index (χ2n) is 5.97. The lowest BCUT2D eigenvalue weighted by Crippen LogP contribution is -2.42. The Morgan fingerprint density at radius 3 is 2.50 bits per heavy atom. The van der Waals surface area contributed by atoms with Gasteiger partial charge in [-0.2, -0.15) is 0 Å². The van der Waals surface area contributed by atoms with Crippen LogP contribution in [0.5, 0.6) is 11.5 Å². The van der Waals surface area contributed by atoms with Gasteiger partial charge in [0.05, 0.1) is 6.04 Å². The van der Waals surface area contributed by atoms with Crippen LogP contribution in [0.25, 0.3) is 0 Å². The van der Waals surface area contributed by atoms with Gasteiger partial charge in [-0.15, -0.1) is 0 Å². The van der Waals surface area contributed by atoms with Crippen molar-refractivity contribution in [1.82, 2.24) is 4.90 Å². The van der Waals surface area contributed by atoms with Crippen LogP contribution in [0.3, 0.4) is 0 Å². The Labute approximate surface area is 131 Å². The molecular formula is C17H24N2O3. The zero-order valence-electron chi connectivity index (χ0n) is 13.1. The summed E-state index contributed by atoms with van der Waals surface area (Å²) in [5, 5.41) is 2.99. The van der Waals surface area contributed by atoms with Gasteiger partial charge >= 0.3 is 0 Å². The third-order valence-electron chi connectivity index (χ3n) is 4.38. The maximum atomic E-state index is 12.5. The van der Waals surface area contributed by atoms with Crippen LogP contribution in [0.1, 0.15) is 32.6 Å². The maximum absolute atomic E-state index is 12.5. The SMILES string of the molecule is C[C@@H](C(=O)Nc1ccc2c(c1)OCCO2)N1CCCCCC1. The van der Waals surface area contributed by atoms with Crippen molar-refractivity contribution in [2.24, 2.45) is 0 Å². The third-order valence-corrected chi connectivity index (χ3v) is 4.38. The van der Waals surface area contributed by atoms with Gasteiger partial charge in [0.2, 0.25) is 5.91 Å². The number of ether oxygens (including phenoxy) is 2. The van der Waals surface area contributed by atoms with Crippen molar-refractivity contribution >= 4 is 11.6 Å². The lowest BCUT2D eigenvalue weighted by Gasteiger charge is -2.26. The second kappa shape index (κ2) is 7.01. The summed E-state index contributed by atoms with van der Waals surface area (Å²) >= 11 is 0. The molecule has 1 aromatic carbocycles. The predicted molar refractivity (Wildman–Crippen MR) is 85.6 cm³/mol. The van der Waals surface area contributed by atoms with Gasteiger partial charge in [0.1, 0.15) is 13.2 Å². The van der Waals surface area contributed by atoms with E-state index in [2.05, 4.69) is 10.2 Å². The number of carbonyl (C=O) groups is 1. The minimum absolute atomic E-state index is 0.0403. The Morgan fingerprint density at radius 1 is 1.09 bits per heavy atom. The van der Waals surface area contributed by atoms with E-state index < -0.39 is 0 Å². The van der Waals surface area contributed by atoms with E-state index in [4.69, 9.17) is 9.47 Å². The molecule has 1 atom stereocenters. The van der Waals surface area contributed by atoms with Crippen LogP contribution in [0.2, 0.25) is 0 Å². The van der Waals surface area contributed by atoms with Crippen LogP contribution in [-0.4, -0.2) is 43.2 Å². The maximum Gasteiger partial charge on any atom is 0.241 e. The molecule has 1 amide bonds. The molecule has 5 nitrogen and oxygen atoms in total. The summed E-state index contributed by atoms with van der Waals surface area (Å²) in [4.78, 5) is 14.7. The molecular weight excluding hydrogens is 280 g/mol. The summed E-state index contributed by atoms with van der Waals surface area (Å²) in [6.45, 7) is 5.13. The number of benzene rings is 1. The Morgan fingerprint density at radius 2 is 1.77 bits per heavy atom. The van der Waals surface area contributed by atoms with E-state index in [1.807, 2.05) is 25.1 Å². The Bertz CT molecular complexity index is 525. The fourth-order valence-electron chi connectivity index (χ4n) is 3.02. The molecule has 2 heterocycles. The van der Waals surface area contributed by atoms with E-state index >= 15 is 0 Å². The van der Waals surface area contributed by atoms with Crippen LogP contribution in [0.15, 0.2) is 18.2 Å². The first-order chi connectivity index (χ1) is 10.7. The van der Waals surface area contributed by atoms with E-state index in [9.17, 15) is 4.79 Å². The molecule has 1 fully saturated rings. The standard InChI is InChI=1S/C17H24N2O3/c1-13(19-8-4-2-3-5-9-19)17(20)18-14-6-7-15-16(12-14)22-11-10-21-15/h6-7,12-13H,2-5,8-11H2,1H3,(H,18,20)/t13-/m0/s1. The number of likely N-dealkylation sites (tertiary alicyclic amines) is 1. The molecule has 120 valence electrons. The molecule has 0 saturated carbocycles. The first-order valence-electron chi connectivity index (χ1n) is 8.18. The van der Waals surface area contributed by atoms with Crippen LogP contribution >= 0.6 is 0 Å². The smallest absolute Gasteiger partial charge is 0.241 e. The molecule has 0 unspecified atom stereocenters. The molecule has 22 heavy (non-hydrogen) atoms. The molecule has 2 aliphatic heterocycles. The van der Waals surface area contributed by atoms with E-state index in [1.54, 1.807) is 0 Å². The largest absolute Gasteiger partial charge is 0.486 e. The average Bonchev–Trinajstić information content (AvgIpc) is 2.83. The van der Waals surface area contributed by atoms with Gasteiger partial charge in [-0.25, -0.2) is 0 Å². The van der Waals surface area contributed by atoms with E-state index in [-0.39, 0.29) is 11.9 Å². The first kappa shape index (κ1) is 15.2. The van der Waals surface area contributed by atoms with Gasteiger partial charge in [0.15, 0.2) is 11.5 Å². The molecule has 1 N–H and O–H groups in total. The van der Waals surface area contributed by atoms with E-state index in [0.717, 1.165) is 24.5 Å². The van der Waals surface area contributed by atoms with Crippen molar-refractivity contribution in [1.29, 1.82) is 0 Å². The van der Waals surface area contributed by atoms with Gasteiger partial charge < -0.3 is 14.8 Å². The number of rotatable bonds is 3. The predicted octanol–water partition coefficient (Wildman–Crippen LogP) is 2.66. The number of hydrogen-bond acceptors (Lipinski definition) is 4. The van der Waals surface area contributed by atoms with Crippen LogP contribution < -0.4 is 14.8 Å². The minimum atomic E-state index is -0.105.